The van der Waals surface area contributed by atoms with Gasteiger partial charge in [0, 0.05) is 18.0 Å². The van der Waals surface area contributed by atoms with Gasteiger partial charge in [-0.3, -0.25) is 9.78 Å². The van der Waals surface area contributed by atoms with E-state index in [1.54, 1.807) is 18.3 Å². The van der Waals surface area contributed by atoms with Gasteiger partial charge >= 0.3 is 0 Å². The highest BCUT2D eigenvalue weighted by Gasteiger charge is 2.13. The lowest BCUT2D eigenvalue weighted by Gasteiger charge is -1.94. The van der Waals surface area contributed by atoms with Gasteiger partial charge in [0.05, 0.1) is 11.0 Å². The van der Waals surface area contributed by atoms with E-state index in [1.165, 1.54) is 6.20 Å². The standard InChI is InChI=1S/C13H9N3O/c17-12(9-4-3-7-14-8-9)13-15-10-5-1-2-6-11(10)16-13/h1-8H,(H,15,16). The van der Waals surface area contributed by atoms with E-state index in [0.29, 0.717) is 11.4 Å². The normalized spacial score (nSPS) is 10.6. The minimum Gasteiger partial charge on any atom is -0.335 e. The van der Waals surface area contributed by atoms with Crippen molar-refractivity contribution in [2.45, 2.75) is 0 Å². The van der Waals surface area contributed by atoms with Gasteiger partial charge in [0.2, 0.25) is 5.78 Å². The molecule has 1 N–H and O–H groups in total. The monoisotopic (exact) mass is 223 g/mol. The topological polar surface area (TPSA) is 58.6 Å². The Morgan fingerprint density at radius 3 is 2.76 bits per heavy atom. The molecule has 2 aromatic heterocycles. The molecule has 3 rings (SSSR count). The van der Waals surface area contributed by atoms with Gasteiger partial charge in [-0.25, -0.2) is 4.98 Å². The fourth-order valence-corrected chi connectivity index (χ4v) is 1.69. The van der Waals surface area contributed by atoms with Crippen LogP contribution in [-0.4, -0.2) is 20.7 Å². The Balaban J connectivity index is 2.07. The Kier molecular flexibility index (Phi) is 2.19. The molecule has 1 aromatic carbocycles. The lowest BCUT2D eigenvalue weighted by atomic mass is 10.2. The number of imidazole rings is 1. The zero-order valence-corrected chi connectivity index (χ0v) is 8.92. The zero-order chi connectivity index (χ0) is 11.7. The molecule has 0 spiro atoms. The Morgan fingerprint density at radius 1 is 1.12 bits per heavy atom. The van der Waals surface area contributed by atoms with Gasteiger partial charge in [-0.1, -0.05) is 12.1 Å². The van der Waals surface area contributed by atoms with E-state index in [2.05, 4.69) is 15.0 Å². The molecule has 0 atom stereocenters. The molecule has 0 radical (unpaired) electrons. The molecule has 4 nitrogen and oxygen atoms in total. The van der Waals surface area contributed by atoms with Crippen LogP contribution in [0.5, 0.6) is 0 Å². The van der Waals surface area contributed by atoms with Gasteiger partial charge in [-0.15, -0.1) is 0 Å². The molecule has 0 saturated carbocycles. The van der Waals surface area contributed by atoms with E-state index >= 15 is 0 Å². The molecule has 0 aliphatic heterocycles. The molecular formula is C13H9N3O. The van der Waals surface area contributed by atoms with Crippen LogP contribution in [0, 0.1) is 0 Å². The van der Waals surface area contributed by atoms with Crippen LogP contribution in [0.2, 0.25) is 0 Å². The van der Waals surface area contributed by atoms with Crippen molar-refractivity contribution in [3.63, 3.8) is 0 Å². The van der Waals surface area contributed by atoms with Crippen molar-refractivity contribution in [3.05, 3.63) is 60.2 Å². The third kappa shape index (κ3) is 1.69. The summed E-state index contributed by atoms with van der Waals surface area (Å²) in [6.45, 7) is 0. The third-order valence-electron chi connectivity index (χ3n) is 2.53. The molecule has 0 bridgehead atoms. The van der Waals surface area contributed by atoms with Crippen molar-refractivity contribution in [2.24, 2.45) is 0 Å². The maximum Gasteiger partial charge on any atom is 0.229 e. The second-order valence-corrected chi connectivity index (χ2v) is 3.67. The van der Waals surface area contributed by atoms with Crippen LogP contribution in [-0.2, 0) is 0 Å². The Morgan fingerprint density at radius 2 is 2.00 bits per heavy atom. The van der Waals surface area contributed by atoms with Crippen molar-refractivity contribution >= 4 is 16.8 Å². The Labute approximate surface area is 97.3 Å². The lowest BCUT2D eigenvalue weighted by molar-refractivity contribution is 0.103. The minimum absolute atomic E-state index is 0.144. The lowest BCUT2D eigenvalue weighted by Crippen LogP contribution is -2.03. The number of H-pyrrole nitrogens is 1. The van der Waals surface area contributed by atoms with Gasteiger partial charge < -0.3 is 4.98 Å². The SMILES string of the molecule is O=C(c1cccnc1)c1nc2ccccc2[nH]1. The summed E-state index contributed by atoms with van der Waals surface area (Å²) in [4.78, 5) is 23.3. The van der Waals surface area contributed by atoms with E-state index in [4.69, 9.17) is 0 Å². The predicted octanol–water partition coefficient (Wildman–Crippen LogP) is 2.19. The number of para-hydroxylation sites is 2. The van der Waals surface area contributed by atoms with Crippen LogP contribution in [0.25, 0.3) is 11.0 Å². The van der Waals surface area contributed by atoms with E-state index < -0.39 is 0 Å². The first-order valence-electron chi connectivity index (χ1n) is 5.24. The number of nitrogens with zero attached hydrogens (tertiary/aromatic N) is 2. The molecule has 17 heavy (non-hydrogen) atoms. The number of rotatable bonds is 2. The molecule has 0 amide bonds. The molecule has 0 saturated heterocycles. The summed E-state index contributed by atoms with van der Waals surface area (Å²) in [7, 11) is 0. The predicted molar refractivity (Wildman–Crippen MR) is 63.8 cm³/mol. The molecule has 2 heterocycles. The van der Waals surface area contributed by atoms with Gasteiger partial charge in [-0.2, -0.15) is 0 Å². The first kappa shape index (κ1) is 9.72. The van der Waals surface area contributed by atoms with E-state index in [9.17, 15) is 4.79 Å². The van der Waals surface area contributed by atoms with Crippen molar-refractivity contribution in [2.75, 3.05) is 0 Å². The van der Waals surface area contributed by atoms with E-state index in [0.717, 1.165) is 11.0 Å². The third-order valence-corrected chi connectivity index (χ3v) is 2.53. The molecule has 0 unspecified atom stereocenters. The number of hydrogen-bond donors (Lipinski definition) is 1. The fourth-order valence-electron chi connectivity index (χ4n) is 1.69. The molecule has 82 valence electrons. The van der Waals surface area contributed by atoms with Gasteiger partial charge in [-0.05, 0) is 24.3 Å². The molecule has 4 heteroatoms. The van der Waals surface area contributed by atoms with Gasteiger partial charge in [0.25, 0.3) is 0 Å². The van der Waals surface area contributed by atoms with Crippen LogP contribution in [0.3, 0.4) is 0 Å². The van der Waals surface area contributed by atoms with E-state index in [1.807, 2.05) is 24.3 Å². The average Bonchev–Trinajstić information content (AvgIpc) is 2.82. The summed E-state index contributed by atoms with van der Waals surface area (Å²) >= 11 is 0. The van der Waals surface area contributed by atoms with Crippen molar-refractivity contribution in [1.29, 1.82) is 0 Å². The van der Waals surface area contributed by atoms with Crippen molar-refractivity contribution < 1.29 is 4.79 Å². The number of pyridine rings is 1. The smallest absolute Gasteiger partial charge is 0.229 e. The summed E-state index contributed by atoms with van der Waals surface area (Å²) in [6, 6.07) is 11.0. The maximum absolute atomic E-state index is 12.1. The number of carbonyl (C=O) groups is 1. The largest absolute Gasteiger partial charge is 0.335 e. The highest BCUT2D eigenvalue weighted by molar-refractivity contribution is 6.07. The van der Waals surface area contributed by atoms with Crippen molar-refractivity contribution in [1.82, 2.24) is 15.0 Å². The first-order chi connectivity index (χ1) is 8.34. The number of nitrogens with one attached hydrogen (secondary N) is 1. The number of carbonyl (C=O) groups excluding carboxylic acids is 1. The summed E-state index contributed by atoms with van der Waals surface area (Å²) in [6.07, 6.45) is 3.17. The van der Waals surface area contributed by atoms with Crippen LogP contribution in [0.1, 0.15) is 16.2 Å². The summed E-state index contributed by atoms with van der Waals surface area (Å²) < 4.78 is 0. The number of ketones is 1. The Bertz CT molecular complexity index is 640. The number of benzene rings is 1. The minimum atomic E-state index is -0.144. The summed E-state index contributed by atoms with van der Waals surface area (Å²) in [5, 5.41) is 0. The number of fused-ring (bicyclic) bond motifs is 1. The molecular weight excluding hydrogens is 214 g/mol. The molecule has 3 aromatic rings. The quantitative estimate of drug-likeness (QED) is 0.677. The molecule has 0 aliphatic carbocycles. The van der Waals surface area contributed by atoms with Gasteiger partial charge in [0.15, 0.2) is 5.82 Å². The maximum atomic E-state index is 12.1. The summed E-state index contributed by atoms with van der Waals surface area (Å²) in [5.41, 5.74) is 2.19. The van der Waals surface area contributed by atoms with Crippen LogP contribution >= 0.6 is 0 Å². The second kappa shape index (κ2) is 3.83. The van der Waals surface area contributed by atoms with Gasteiger partial charge in [0.1, 0.15) is 0 Å². The second-order valence-electron chi connectivity index (χ2n) is 3.67. The number of hydrogen-bond acceptors (Lipinski definition) is 3. The van der Waals surface area contributed by atoms with E-state index in [-0.39, 0.29) is 5.78 Å². The fraction of sp³-hybridized carbons (Fsp3) is 0. The molecule has 0 aliphatic rings. The zero-order valence-electron chi connectivity index (χ0n) is 8.92. The Hall–Kier alpha value is -2.49. The van der Waals surface area contributed by atoms with Crippen LogP contribution in [0.4, 0.5) is 0 Å². The van der Waals surface area contributed by atoms with Crippen LogP contribution in [0.15, 0.2) is 48.8 Å². The average molecular weight is 223 g/mol. The number of aromatic amines is 1. The van der Waals surface area contributed by atoms with Crippen LogP contribution < -0.4 is 0 Å². The highest BCUT2D eigenvalue weighted by Crippen LogP contribution is 2.12. The molecule has 0 fully saturated rings. The first-order valence-corrected chi connectivity index (χ1v) is 5.24. The summed E-state index contributed by atoms with van der Waals surface area (Å²) in [5.74, 6) is 0.202. The van der Waals surface area contributed by atoms with Crippen molar-refractivity contribution in [3.8, 4) is 0 Å². The number of aromatic nitrogens is 3. The highest BCUT2D eigenvalue weighted by atomic mass is 16.1.